The molecule has 0 aliphatic carbocycles. The van der Waals surface area contributed by atoms with Gasteiger partial charge in [0.15, 0.2) is 0 Å². The van der Waals surface area contributed by atoms with E-state index in [1.54, 1.807) is 0 Å². The molecule has 0 saturated carbocycles. The van der Waals surface area contributed by atoms with E-state index in [0.717, 1.165) is 0 Å². The van der Waals surface area contributed by atoms with Crippen molar-refractivity contribution in [3.63, 3.8) is 0 Å². The lowest BCUT2D eigenvalue weighted by Gasteiger charge is -1.98. The van der Waals surface area contributed by atoms with Gasteiger partial charge in [-0.15, -0.1) is 0 Å². The summed E-state index contributed by atoms with van der Waals surface area (Å²) in [7, 11) is 0. The summed E-state index contributed by atoms with van der Waals surface area (Å²) in [5, 5.41) is 8.33. The van der Waals surface area contributed by atoms with Gasteiger partial charge in [0.25, 0.3) is 5.91 Å². The van der Waals surface area contributed by atoms with E-state index in [2.05, 4.69) is 15.5 Å². The smallest absolute Gasteiger partial charge is 0.268 e. The summed E-state index contributed by atoms with van der Waals surface area (Å²) < 4.78 is 0. The second-order valence-electron chi connectivity index (χ2n) is 2.20. The lowest BCUT2D eigenvalue weighted by Crippen LogP contribution is -2.15. The summed E-state index contributed by atoms with van der Waals surface area (Å²) in [5.41, 5.74) is 5.38. The largest absolute Gasteiger partial charge is 0.364 e. The Hall–Kier alpha value is -1.85. The number of nitrogens with two attached hydrogens (primary N) is 1. The van der Waals surface area contributed by atoms with Crippen LogP contribution in [0.5, 0.6) is 0 Å². The molecule has 0 saturated heterocycles. The molecule has 12 heavy (non-hydrogen) atoms. The van der Waals surface area contributed by atoms with Gasteiger partial charge in [0.1, 0.15) is 5.69 Å². The number of carbonyl (C=O) groups excluding carboxylic acids is 2. The Labute approximate surface area is 68.1 Å². The second kappa shape index (κ2) is 3.04. The number of aromatic nitrogens is 2. The van der Waals surface area contributed by atoms with Crippen molar-refractivity contribution in [1.82, 2.24) is 10.2 Å². The Kier molecular flexibility index (Phi) is 2.09. The van der Waals surface area contributed by atoms with Gasteiger partial charge in [-0.2, -0.15) is 5.10 Å². The Balaban J connectivity index is 2.91. The van der Waals surface area contributed by atoms with Crippen LogP contribution in [0, 0.1) is 0 Å². The average Bonchev–Trinajstić information content (AvgIpc) is 2.33. The number of primary amides is 1. The van der Waals surface area contributed by atoms with Crippen LogP contribution in [0.3, 0.4) is 0 Å². The Morgan fingerprint density at radius 1 is 1.67 bits per heavy atom. The first-order valence-electron chi connectivity index (χ1n) is 3.22. The quantitative estimate of drug-likeness (QED) is 0.553. The molecule has 64 valence electrons. The zero-order valence-corrected chi connectivity index (χ0v) is 6.42. The van der Waals surface area contributed by atoms with E-state index in [9.17, 15) is 9.59 Å². The second-order valence-corrected chi connectivity index (χ2v) is 2.20. The van der Waals surface area contributed by atoms with Crippen LogP contribution in [0.15, 0.2) is 6.20 Å². The predicted octanol–water partition coefficient (Wildman–Crippen LogP) is -0.533. The zero-order chi connectivity index (χ0) is 9.14. The van der Waals surface area contributed by atoms with E-state index in [-0.39, 0.29) is 11.6 Å². The van der Waals surface area contributed by atoms with Crippen LogP contribution in [0.25, 0.3) is 0 Å². The van der Waals surface area contributed by atoms with Crippen LogP contribution in [0.1, 0.15) is 17.4 Å². The number of hydrogen-bond acceptors (Lipinski definition) is 3. The Morgan fingerprint density at radius 3 is 2.83 bits per heavy atom. The monoisotopic (exact) mass is 168 g/mol. The maximum absolute atomic E-state index is 10.7. The highest BCUT2D eigenvalue weighted by Crippen LogP contribution is 2.09. The van der Waals surface area contributed by atoms with Crippen LogP contribution in [-0.4, -0.2) is 22.0 Å². The fraction of sp³-hybridized carbons (Fsp3) is 0.167. The fourth-order valence-electron chi connectivity index (χ4n) is 0.758. The number of hydrogen-bond donors (Lipinski definition) is 3. The van der Waals surface area contributed by atoms with Crippen LogP contribution in [-0.2, 0) is 4.79 Å². The number of nitrogens with zero attached hydrogens (tertiary/aromatic N) is 1. The van der Waals surface area contributed by atoms with Crippen molar-refractivity contribution in [1.29, 1.82) is 0 Å². The summed E-state index contributed by atoms with van der Waals surface area (Å²) in [5.74, 6) is -0.935. The van der Waals surface area contributed by atoms with Gasteiger partial charge in [-0.3, -0.25) is 14.7 Å². The van der Waals surface area contributed by atoms with Crippen molar-refractivity contribution in [2.24, 2.45) is 5.73 Å². The van der Waals surface area contributed by atoms with Crippen molar-refractivity contribution in [2.75, 3.05) is 5.32 Å². The third-order valence-electron chi connectivity index (χ3n) is 1.20. The van der Waals surface area contributed by atoms with Crippen LogP contribution in [0.4, 0.5) is 5.69 Å². The summed E-state index contributed by atoms with van der Waals surface area (Å²) >= 11 is 0. The summed E-state index contributed by atoms with van der Waals surface area (Å²) in [6.45, 7) is 1.33. The number of anilines is 1. The highest BCUT2D eigenvalue weighted by atomic mass is 16.2. The van der Waals surface area contributed by atoms with Crippen molar-refractivity contribution < 1.29 is 9.59 Å². The molecule has 0 aromatic carbocycles. The van der Waals surface area contributed by atoms with Gasteiger partial charge in [-0.1, -0.05) is 0 Å². The minimum Gasteiger partial charge on any atom is -0.364 e. The van der Waals surface area contributed by atoms with E-state index in [4.69, 9.17) is 5.73 Å². The van der Waals surface area contributed by atoms with Crippen molar-refractivity contribution in [3.8, 4) is 0 Å². The van der Waals surface area contributed by atoms with Gasteiger partial charge in [-0.25, -0.2) is 0 Å². The Morgan fingerprint density at radius 2 is 2.33 bits per heavy atom. The maximum atomic E-state index is 10.7. The molecule has 4 N–H and O–H groups in total. The number of aromatic amines is 1. The number of rotatable bonds is 2. The van der Waals surface area contributed by atoms with Crippen LogP contribution < -0.4 is 11.1 Å². The molecule has 0 aliphatic rings. The molecule has 6 nitrogen and oxygen atoms in total. The molecule has 2 amide bonds. The average molecular weight is 168 g/mol. The van der Waals surface area contributed by atoms with Gasteiger partial charge in [0, 0.05) is 6.92 Å². The third kappa shape index (κ3) is 1.60. The summed E-state index contributed by atoms with van der Waals surface area (Å²) in [6, 6.07) is 0. The topological polar surface area (TPSA) is 101 Å². The van der Waals surface area contributed by atoms with Crippen LogP contribution >= 0.6 is 0 Å². The van der Waals surface area contributed by atoms with Gasteiger partial charge in [-0.05, 0) is 0 Å². The van der Waals surface area contributed by atoms with E-state index in [0.29, 0.717) is 5.69 Å². The first kappa shape index (κ1) is 8.25. The molecule has 0 fully saturated rings. The molecule has 0 bridgehead atoms. The number of H-pyrrole nitrogens is 1. The summed E-state index contributed by atoms with van der Waals surface area (Å²) in [4.78, 5) is 21.2. The van der Waals surface area contributed by atoms with Crippen molar-refractivity contribution >= 4 is 17.5 Å². The van der Waals surface area contributed by atoms with E-state index in [1.807, 2.05) is 0 Å². The highest BCUT2D eigenvalue weighted by molar-refractivity contribution is 6.00. The lowest BCUT2D eigenvalue weighted by molar-refractivity contribution is -0.114. The molecule has 1 rings (SSSR count). The maximum Gasteiger partial charge on any atom is 0.268 e. The minimum absolute atomic E-state index is 0.102. The fourth-order valence-corrected chi connectivity index (χ4v) is 0.758. The molecular formula is C6H8N4O2. The number of nitrogens with one attached hydrogen (secondary N) is 2. The first-order chi connectivity index (χ1) is 5.61. The van der Waals surface area contributed by atoms with Gasteiger partial charge < -0.3 is 11.1 Å². The molecule has 6 heteroatoms. The summed E-state index contributed by atoms with van der Waals surface area (Å²) in [6.07, 6.45) is 1.32. The third-order valence-corrected chi connectivity index (χ3v) is 1.20. The Bertz CT molecular complexity index is 317. The molecule has 0 unspecified atom stereocenters. The minimum atomic E-state index is -0.656. The molecule has 1 heterocycles. The molecule has 1 aromatic rings. The number of carbonyl (C=O) groups is 2. The molecule has 0 atom stereocenters. The van der Waals surface area contributed by atoms with Gasteiger partial charge in [0.2, 0.25) is 5.91 Å². The van der Waals surface area contributed by atoms with E-state index >= 15 is 0 Å². The molecular weight excluding hydrogens is 160 g/mol. The zero-order valence-electron chi connectivity index (χ0n) is 6.42. The molecule has 0 radical (unpaired) electrons. The predicted molar refractivity (Wildman–Crippen MR) is 41.4 cm³/mol. The van der Waals surface area contributed by atoms with E-state index < -0.39 is 5.91 Å². The first-order valence-corrected chi connectivity index (χ1v) is 3.22. The van der Waals surface area contributed by atoms with Crippen molar-refractivity contribution in [3.05, 3.63) is 11.9 Å². The lowest BCUT2D eigenvalue weighted by atomic mass is 10.3. The standard InChI is InChI=1S/C6H8N4O2/c1-3(11)9-4-2-8-10-5(4)6(7)12/h2H,1H3,(H2,7,12)(H,8,10)(H,9,11). The molecule has 0 spiro atoms. The van der Waals surface area contributed by atoms with Gasteiger partial charge >= 0.3 is 0 Å². The molecule has 1 aromatic heterocycles. The van der Waals surface area contributed by atoms with Crippen molar-refractivity contribution in [2.45, 2.75) is 6.92 Å². The SMILES string of the molecule is CC(=O)Nc1cn[nH]c1C(N)=O. The number of amides is 2. The normalized spacial score (nSPS) is 9.42. The van der Waals surface area contributed by atoms with E-state index in [1.165, 1.54) is 13.1 Å². The molecule has 0 aliphatic heterocycles. The highest BCUT2D eigenvalue weighted by Gasteiger charge is 2.10. The van der Waals surface area contributed by atoms with Crippen LogP contribution in [0.2, 0.25) is 0 Å². The van der Waals surface area contributed by atoms with Gasteiger partial charge in [0.05, 0.1) is 11.9 Å².